The van der Waals surface area contributed by atoms with Gasteiger partial charge in [-0.1, -0.05) is 53.6 Å². The monoisotopic (exact) mass is 370 g/mol. The SMILES string of the molecule is CPc1cccc(C)c1N=C(C)C=C(C)Nc1c(C)cccc1PC. The number of nitrogens with zero attached hydrogens (tertiary/aromatic N) is 1. The number of hydrogen-bond donors (Lipinski definition) is 1. The summed E-state index contributed by atoms with van der Waals surface area (Å²) in [6.07, 6.45) is 2.13. The number of anilines is 1. The predicted molar refractivity (Wildman–Crippen MR) is 120 cm³/mol. The Labute approximate surface area is 155 Å². The van der Waals surface area contributed by atoms with Gasteiger partial charge in [-0.05, 0) is 68.8 Å². The molecule has 0 bridgehead atoms. The fourth-order valence-corrected chi connectivity index (χ4v) is 4.33. The minimum atomic E-state index is 0.752. The van der Waals surface area contributed by atoms with Crippen LogP contribution in [0.4, 0.5) is 11.4 Å². The molecular weight excluding hydrogens is 342 g/mol. The smallest absolute Gasteiger partial charge is 0.0735 e. The lowest BCUT2D eigenvalue weighted by Crippen LogP contribution is -2.09. The van der Waals surface area contributed by atoms with E-state index < -0.39 is 0 Å². The molecule has 0 fully saturated rings. The van der Waals surface area contributed by atoms with Crippen molar-refractivity contribution in [1.29, 1.82) is 0 Å². The van der Waals surface area contributed by atoms with Crippen molar-refractivity contribution in [1.82, 2.24) is 0 Å². The molecule has 25 heavy (non-hydrogen) atoms. The number of aryl methyl sites for hydroxylation is 2. The van der Waals surface area contributed by atoms with Crippen LogP contribution in [0.1, 0.15) is 25.0 Å². The Hall–Kier alpha value is -1.49. The topological polar surface area (TPSA) is 24.4 Å². The molecular formula is C21H28N2P2. The van der Waals surface area contributed by atoms with Gasteiger partial charge >= 0.3 is 0 Å². The van der Waals surface area contributed by atoms with Crippen molar-refractivity contribution in [2.75, 3.05) is 18.6 Å². The first-order chi connectivity index (χ1) is 12.0. The fraction of sp³-hybridized carbons (Fsp3) is 0.286. The lowest BCUT2D eigenvalue weighted by atomic mass is 10.2. The average molecular weight is 370 g/mol. The number of aliphatic imine (C=N–C) groups is 1. The second-order valence-electron chi connectivity index (χ2n) is 6.17. The third-order valence-electron chi connectivity index (χ3n) is 4.08. The van der Waals surface area contributed by atoms with Gasteiger partial charge in [0.2, 0.25) is 0 Å². The van der Waals surface area contributed by atoms with Gasteiger partial charge in [0.05, 0.1) is 5.69 Å². The maximum Gasteiger partial charge on any atom is 0.0735 e. The van der Waals surface area contributed by atoms with E-state index in [9.17, 15) is 0 Å². The summed E-state index contributed by atoms with van der Waals surface area (Å²) in [6.45, 7) is 12.9. The molecule has 0 heterocycles. The zero-order valence-corrected chi connectivity index (χ0v) is 18.0. The lowest BCUT2D eigenvalue weighted by Gasteiger charge is -2.14. The second kappa shape index (κ2) is 9.27. The highest BCUT2D eigenvalue weighted by atomic mass is 31.1. The molecule has 2 unspecified atom stereocenters. The molecule has 1 N–H and O–H groups in total. The van der Waals surface area contributed by atoms with Crippen LogP contribution in [0.5, 0.6) is 0 Å². The summed E-state index contributed by atoms with van der Waals surface area (Å²) in [5.74, 6) is 0. The van der Waals surface area contributed by atoms with Crippen LogP contribution in [0.25, 0.3) is 0 Å². The minimum Gasteiger partial charge on any atom is -0.358 e. The predicted octanol–water partition coefficient (Wildman–Crippen LogP) is 5.28. The molecule has 2 atom stereocenters. The highest BCUT2D eigenvalue weighted by molar-refractivity contribution is 7.47. The van der Waals surface area contributed by atoms with E-state index in [1.165, 1.54) is 27.4 Å². The van der Waals surface area contributed by atoms with Gasteiger partial charge in [0.1, 0.15) is 0 Å². The molecule has 2 rings (SSSR count). The van der Waals surface area contributed by atoms with Gasteiger partial charge in [-0.3, -0.25) is 4.99 Å². The summed E-state index contributed by atoms with van der Waals surface area (Å²) in [6, 6.07) is 12.9. The van der Waals surface area contributed by atoms with Crippen LogP contribution in [0.15, 0.2) is 53.2 Å². The van der Waals surface area contributed by atoms with Crippen molar-refractivity contribution in [2.45, 2.75) is 27.7 Å². The van der Waals surface area contributed by atoms with Crippen LogP contribution in [-0.4, -0.2) is 19.0 Å². The molecule has 0 aromatic heterocycles. The van der Waals surface area contributed by atoms with Crippen LogP contribution in [0.3, 0.4) is 0 Å². The molecule has 0 spiro atoms. The number of para-hydroxylation sites is 2. The maximum absolute atomic E-state index is 4.88. The van der Waals surface area contributed by atoms with E-state index in [4.69, 9.17) is 4.99 Å². The quantitative estimate of drug-likeness (QED) is 0.543. The summed E-state index contributed by atoms with van der Waals surface area (Å²) in [7, 11) is 1.53. The van der Waals surface area contributed by atoms with Gasteiger partial charge in [0, 0.05) is 17.1 Å². The van der Waals surface area contributed by atoms with Crippen molar-refractivity contribution in [2.24, 2.45) is 4.99 Å². The first-order valence-electron chi connectivity index (χ1n) is 8.51. The van der Waals surface area contributed by atoms with Gasteiger partial charge in [0.15, 0.2) is 0 Å². The Bertz CT molecular complexity index is 808. The van der Waals surface area contributed by atoms with Crippen LogP contribution in [-0.2, 0) is 0 Å². The van der Waals surface area contributed by atoms with E-state index in [-0.39, 0.29) is 0 Å². The van der Waals surface area contributed by atoms with Crippen molar-refractivity contribution in [3.05, 3.63) is 59.3 Å². The van der Waals surface area contributed by atoms with Gasteiger partial charge in [-0.2, -0.15) is 0 Å². The molecule has 0 saturated carbocycles. The van der Waals surface area contributed by atoms with Crippen LogP contribution in [0.2, 0.25) is 0 Å². The fourth-order valence-electron chi connectivity index (χ4n) is 2.81. The number of hydrogen-bond acceptors (Lipinski definition) is 2. The Kier molecular flexibility index (Phi) is 7.36. The molecule has 0 aliphatic carbocycles. The Morgan fingerprint density at radius 2 is 1.52 bits per heavy atom. The van der Waals surface area contributed by atoms with E-state index in [0.29, 0.717) is 0 Å². The molecule has 0 aliphatic rings. The zero-order valence-electron chi connectivity index (χ0n) is 16.0. The summed E-state index contributed by atoms with van der Waals surface area (Å²) in [4.78, 5) is 4.88. The highest BCUT2D eigenvalue weighted by Gasteiger charge is 2.05. The molecule has 0 saturated heterocycles. The van der Waals surface area contributed by atoms with E-state index in [0.717, 1.165) is 34.3 Å². The second-order valence-corrected chi connectivity index (χ2v) is 8.25. The first kappa shape index (κ1) is 19.8. The maximum atomic E-state index is 4.88. The average Bonchev–Trinajstić information content (AvgIpc) is 2.58. The van der Waals surface area contributed by atoms with E-state index >= 15 is 0 Å². The zero-order chi connectivity index (χ0) is 18.4. The molecule has 4 heteroatoms. The van der Waals surface area contributed by atoms with Gasteiger partial charge < -0.3 is 5.32 Å². The molecule has 0 radical (unpaired) electrons. The largest absolute Gasteiger partial charge is 0.358 e. The number of nitrogens with one attached hydrogen (secondary N) is 1. The van der Waals surface area contributed by atoms with E-state index in [1.54, 1.807) is 0 Å². The molecule has 2 nitrogen and oxygen atoms in total. The number of benzene rings is 2. The van der Waals surface area contributed by atoms with Crippen LogP contribution in [0, 0.1) is 13.8 Å². The normalized spacial score (nSPS) is 13.4. The summed E-state index contributed by atoms with van der Waals surface area (Å²) < 4.78 is 0. The Morgan fingerprint density at radius 1 is 0.920 bits per heavy atom. The third-order valence-corrected chi connectivity index (χ3v) is 5.98. The molecule has 2 aromatic rings. The van der Waals surface area contributed by atoms with Gasteiger partial charge in [0.25, 0.3) is 0 Å². The minimum absolute atomic E-state index is 0.752. The van der Waals surface area contributed by atoms with Crippen molar-refractivity contribution < 1.29 is 0 Å². The van der Waals surface area contributed by atoms with E-state index in [2.05, 4.69) is 88.8 Å². The summed E-state index contributed by atoms with van der Waals surface area (Å²) in [5.41, 5.74) is 7.01. The molecule has 132 valence electrons. The van der Waals surface area contributed by atoms with Crippen LogP contribution < -0.4 is 15.9 Å². The first-order valence-corrected chi connectivity index (χ1v) is 11.5. The van der Waals surface area contributed by atoms with Crippen LogP contribution >= 0.6 is 17.2 Å². The van der Waals surface area contributed by atoms with Gasteiger partial charge in [-0.25, -0.2) is 0 Å². The third kappa shape index (κ3) is 5.24. The Balaban J connectivity index is 2.29. The van der Waals surface area contributed by atoms with Crippen molar-refractivity contribution >= 4 is 44.9 Å². The summed E-state index contributed by atoms with van der Waals surface area (Å²) in [5, 5.41) is 6.28. The van der Waals surface area contributed by atoms with Crippen molar-refractivity contribution in [3.8, 4) is 0 Å². The van der Waals surface area contributed by atoms with Crippen molar-refractivity contribution in [3.63, 3.8) is 0 Å². The molecule has 0 amide bonds. The molecule has 0 aliphatic heterocycles. The van der Waals surface area contributed by atoms with E-state index in [1.807, 2.05) is 0 Å². The Morgan fingerprint density at radius 3 is 2.16 bits per heavy atom. The molecule has 2 aromatic carbocycles. The number of allylic oxidation sites excluding steroid dienone is 2. The number of rotatable bonds is 6. The lowest BCUT2D eigenvalue weighted by molar-refractivity contribution is 1.35. The van der Waals surface area contributed by atoms with Gasteiger partial charge in [-0.15, -0.1) is 0 Å². The standard InChI is InChI=1S/C21H28N2P2/c1-14-9-7-11-18(24-5)20(14)22-16(3)13-17(4)23-21-15(2)10-8-12-19(21)25-6/h7-13,22,24-25H,1-6H3. The highest BCUT2D eigenvalue weighted by Crippen LogP contribution is 2.23. The summed E-state index contributed by atoms with van der Waals surface area (Å²) >= 11 is 0.